The number of ether oxygens (including phenoxy) is 1. The Hall–Kier alpha value is -1.91. The van der Waals surface area contributed by atoms with E-state index >= 15 is 0 Å². The Morgan fingerprint density at radius 1 is 1.60 bits per heavy atom. The van der Waals surface area contributed by atoms with Gasteiger partial charge in [-0.3, -0.25) is 14.4 Å². The Morgan fingerprint density at radius 3 is 2.93 bits per heavy atom. The monoisotopic (exact) mass is 209 g/mol. The van der Waals surface area contributed by atoms with Crippen LogP contribution in [0.1, 0.15) is 23.0 Å². The number of hydrogen-bond acceptors (Lipinski definition) is 4. The molecule has 0 fully saturated rings. The Bertz CT molecular complexity index is 422. The maximum atomic E-state index is 11.2. The smallest absolute Gasteiger partial charge is 0.311 e. The van der Waals surface area contributed by atoms with Crippen LogP contribution in [0.5, 0.6) is 0 Å². The standard InChI is InChI=1S/C10H11NO4/c1-2-15-10(14)5-8-7(6-12)9(13)3-4-11-8/h3-4,6H,2,5H2,1H3,(H,11,13). The largest absolute Gasteiger partial charge is 0.466 e. The van der Waals surface area contributed by atoms with Gasteiger partial charge in [-0.2, -0.15) is 0 Å². The Kier molecular flexibility index (Phi) is 3.79. The molecule has 0 unspecified atom stereocenters. The fourth-order valence-corrected chi connectivity index (χ4v) is 1.17. The van der Waals surface area contributed by atoms with Gasteiger partial charge in [0.25, 0.3) is 0 Å². The highest BCUT2D eigenvalue weighted by atomic mass is 16.5. The van der Waals surface area contributed by atoms with Gasteiger partial charge in [-0.1, -0.05) is 0 Å². The molecule has 0 spiro atoms. The summed E-state index contributed by atoms with van der Waals surface area (Å²) >= 11 is 0. The van der Waals surface area contributed by atoms with Crippen LogP contribution in [0.4, 0.5) is 0 Å². The molecule has 0 saturated carbocycles. The van der Waals surface area contributed by atoms with E-state index < -0.39 is 11.4 Å². The molecule has 0 bridgehead atoms. The average Bonchev–Trinajstić information content (AvgIpc) is 2.18. The van der Waals surface area contributed by atoms with Crippen molar-refractivity contribution >= 4 is 12.3 Å². The van der Waals surface area contributed by atoms with Gasteiger partial charge in [0.1, 0.15) is 0 Å². The fraction of sp³-hybridized carbons (Fsp3) is 0.300. The van der Waals surface area contributed by atoms with Crippen molar-refractivity contribution in [2.75, 3.05) is 6.61 Å². The maximum absolute atomic E-state index is 11.2. The fourth-order valence-electron chi connectivity index (χ4n) is 1.17. The minimum Gasteiger partial charge on any atom is -0.466 e. The molecule has 0 aliphatic heterocycles. The summed E-state index contributed by atoms with van der Waals surface area (Å²) in [5.74, 6) is -0.470. The lowest BCUT2D eigenvalue weighted by molar-refractivity contribution is -0.142. The van der Waals surface area contributed by atoms with Gasteiger partial charge in [0.15, 0.2) is 11.7 Å². The second-order valence-corrected chi connectivity index (χ2v) is 2.83. The van der Waals surface area contributed by atoms with Crippen LogP contribution >= 0.6 is 0 Å². The van der Waals surface area contributed by atoms with Crippen molar-refractivity contribution < 1.29 is 14.3 Å². The third kappa shape index (κ3) is 2.77. The number of carbonyl (C=O) groups is 2. The molecule has 0 aromatic carbocycles. The first-order chi connectivity index (χ1) is 7.19. The molecule has 0 aliphatic carbocycles. The van der Waals surface area contributed by atoms with E-state index in [4.69, 9.17) is 4.74 Å². The summed E-state index contributed by atoms with van der Waals surface area (Å²) in [6.45, 7) is 1.96. The second kappa shape index (κ2) is 5.09. The molecule has 0 amide bonds. The molecule has 1 heterocycles. The van der Waals surface area contributed by atoms with Gasteiger partial charge in [0.2, 0.25) is 0 Å². The van der Waals surface area contributed by atoms with Crippen molar-refractivity contribution in [3.8, 4) is 0 Å². The van der Waals surface area contributed by atoms with Crippen LogP contribution in [-0.2, 0) is 16.0 Å². The van der Waals surface area contributed by atoms with E-state index in [9.17, 15) is 14.4 Å². The molecule has 5 heteroatoms. The van der Waals surface area contributed by atoms with Crippen molar-refractivity contribution in [3.05, 3.63) is 33.7 Å². The van der Waals surface area contributed by atoms with Crippen molar-refractivity contribution in [1.29, 1.82) is 0 Å². The summed E-state index contributed by atoms with van der Waals surface area (Å²) < 4.78 is 4.71. The summed E-state index contributed by atoms with van der Waals surface area (Å²) in [5, 5.41) is 0. The second-order valence-electron chi connectivity index (χ2n) is 2.83. The van der Waals surface area contributed by atoms with Gasteiger partial charge in [-0.05, 0) is 6.92 Å². The number of aldehydes is 1. The van der Waals surface area contributed by atoms with Crippen LogP contribution in [-0.4, -0.2) is 23.8 Å². The predicted molar refractivity (Wildman–Crippen MR) is 52.8 cm³/mol. The van der Waals surface area contributed by atoms with Crippen molar-refractivity contribution in [2.45, 2.75) is 13.3 Å². The Balaban J connectivity index is 2.94. The lowest BCUT2D eigenvalue weighted by Crippen LogP contribution is -2.16. The minimum absolute atomic E-state index is 0.0226. The van der Waals surface area contributed by atoms with Gasteiger partial charge < -0.3 is 9.72 Å². The SMILES string of the molecule is CCOC(=O)Cc1[nH]ccc(=O)c1C=O. The van der Waals surface area contributed by atoms with E-state index in [2.05, 4.69) is 4.98 Å². The van der Waals surface area contributed by atoms with Gasteiger partial charge in [-0.15, -0.1) is 0 Å². The lowest BCUT2D eigenvalue weighted by atomic mass is 10.1. The number of hydrogen-bond donors (Lipinski definition) is 1. The van der Waals surface area contributed by atoms with Gasteiger partial charge >= 0.3 is 5.97 Å². The number of rotatable bonds is 4. The Labute approximate surface area is 86.1 Å². The summed E-state index contributed by atoms with van der Waals surface area (Å²) in [7, 11) is 0. The van der Waals surface area contributed by atoms with E-state index in [0.717, 1.165) is 0 Å². The number of H-pyrrole nitrogens is 1. The van der Waals surface area contributed by atoms with Crippen molar-refractivity contribution in [1.82, 2.24) is 4.98 Å². The van der Waals surface area contributed by atoms with Crippen LogP contribution in [0.3, 0.4) is 0 Å². The topological polar surface area (TPSA) is 76.2 Å². The van der Waals surface area contributed by atoms with E-state index in [0.29, 0.717) is 6.29 Å². The van der Waals surface area contributed by atoms with Gasteiger partial charge in [0.05, 0.1) is 18.6 Å². The molecule has 1 N–H and O–H groups in total. The van der Waals surface area contributed by atoms with Crippen LogP contribution in [0.25, 0.3) is 0 Å². The van der Waals surface area contributed by atoms with Gasteiger partial charge in [-0.25, -0.2) is 0 Å². The predicted octanol–water partition coefficient (Wildman–Crippen LogP) is 0.293. The zero-order valence-corrected chi connectivity index (χ0v) is 8.28. The molecule has 1 aromatic heterocycles. The number of aromatic amines is 1. The molecule has 80 valence electrons. The normalized spacial score (nSPS) is 9.67. The van der Waals surface area contributed by atoms with Crippen LogP contribution in [0.2, 0.25) is 0 Å². The molecular formula is C10H11NO4. The zero-order chi connectivity index (χ0) is 11.3. The number of nitrogens with one attached hydrogen (secondary N) is 1. The third-order valence-electron chi connectivity index (χ3n) is 1.83. The Morgan fingerprint density at radius 2 is 2.33 bits per heavy atom. The van der Waals surface area contributed by atoms with Crippen molar-refractivity contribution in [2.24, 2.45) is 0 Å². The molecule has 0 radical (unpaired) electrons. The molecule has 0 atom stereocenters. The minimum atomic E-state index is -0.470. The molecular weight excluding hydrogens is 198 g/mol. The van der Waals surface area contributed by atoms with E-state index in [1.165, 1.54) is 12.3 Å². The summed E-state index contributed by atoms with van der Waals surface area (Å²) in [5.41, 5.74) is -0.135. The van der Waals surface area contributed by atoms with Gasteiger partial charge in [0, 0.05) is 18.0 Å². The van der Waals surface area contributed by atoms with Crippen molar-refractivity contribution in [3.63, 3.8) is 0 Å². The third-order valence-corrected chi connectivity index (χ3v) is 1.83. The molecule has 0 saturated heterocycles. The lowest BCUT2D eigenvalue weighted by Gasteiger charge is -2.03. The molecule has 15 heavy (non-hydrogen) atoms. The summed E-state index contributed by atoms with van der Waals surface area (Å²) in [6.07, 6.45) is 1.73. The zero-order valence-electron chi connectivity index (χ0n) is 8.28. The number of aromatic nitrogens is 1. The van der Waals surface area contributed by atoms with Crippen LogP contribution in [0, 0.1) is 0 Å². The van der Waals surface area contributed by atoms with E-state index in [-0.39, 0.29) is 24.3 Å². The number of carbonyl (C=O) groups excluding carboxylic acids is 2. The maximum Gasteiger partial charge on any atom is 0.311 e. The van der Waals surface area contributed by atoms with Crippen LogP contribution < -0.4 is 5.43 Å². The summed E-state index contributed by atoms with van der Waals surface area (Å²) in [6, 6.07) is 1.23. The number of esters is 1. The average molecular weight is 209 g/mol. The molecule has 1 aromatic rings. The molecule has 1 rings (SSSR count). The van der Waals surface area contributed by atoms with E-state index in [1.54, 1.807) is 6.92 Å². The molecule has 5 nitrogen and oxygen atoms in total. The highest BCUT2D eigenvalue weighted by molar-refractivity contribution is 5.80. The van der Waals surface area contributed by atoms with E-state index in [1.807, 2.05) is 0 Å². The first-order valence-corrected chi connectivity index (χ1v) is 4.50. The summed E-state index contributed by atoms with van der Waals surface area (Å²) in [4.78, 5) is 35.6. The van der Waals surface area contributed by atoms with Crippen LogP contribution in [0.15, 0.2) is 17.1 Å². The first-order valence-electron chi connectivity index (χ1n) is 4.50. The molecule has 0 aliphatic rings. The number of pyridine rings is 1. The highest BCUT2D eigenvalue weighted by Crippen LogP contribution is 1.99. The first kappa shape index (κ1) is 11.2. The quantitative estimate of drug-likeness (QED) is 0.571. The highest BCUT2D eigenvalue weighted by Gasteiger charge is 2.10.